The summed E-state index contributed by atoms with van der Waals surface area (Å²) >= 11 is 5.79. The maximum absolute atomic E-state index is 12.6. The number of ether oxygens (including phenoxy) is 1. The van der Waals surface area contributed by atoms with Gasteiger partial charge < -0.3 is 15.0 Å². The van der Waals surface area contributed by atoms with Crippen molar-refractivity contribution in [3.63, 3.8) is 0 Å². The minimum atomic E-state index is -0.0694. The molecule has 0 unspecified atom stereocenters. The van der Waals surface area contributed by atoms with Crippen molar-refractivity contribution in [2.45, 2.75) is 31.7 Å². The van der Waals surface area contributed by atoms with E-state index in [1.54, 1.807) is 18.2 Å². The van der Waals surface area contributed by atoms with E-state index in [2.05, 4.69) is 10.3 Å². The zero-order valence-electron chi connectivity index (χ0n) is 16.1. The Kier molecular flexibility index (Phi) is 6.00. The minimum Gasteiger partial charge on any atom is -0.492 e. The number of nitrogens with zero attached hydrogens (tertiary/aromatic N) is 2. The Balaban J connectivity index is 1.29. The molecule has 2 amide bonds. The Hall–Kier alpha value is -2.60. The number of likely N-dealkylation sites (tertiary alicyclic amines) is 1. The van der Waals surface area contributed by atoms with E-state index in [9.17, 15) is 9.59 Å². The molecule has 2 fully saturated rings. The highest BCUT2D eigenvalue weighted by atomic mass is 35.5. The summed E-state index contributed by atoms with van der Waals surface area (Å²) in [5.74, 6) is 0.883. The summed E-state index contributed by atoms with van der Waals surface area (Å²) in [4.78, 5) is 30.8. The van der Waals surface area contributed by atoms with Gasteiger partial charge in [0.1, 0.15) is 10.9 Å². The van der Waals surface area contributed by atoms with Crippen molar-refractivity contribution in [1.29, 1.82) is 0 Å². The van der Waals surface area contributed by atoms with Crippen LogP contribution in [0.5, 0.6) is 5.75 Å². The molecule has 0 radical (unpaired) electrons. The van der Waals surface area contributed by atoms with E-state index >= 15 is 0 Å². The van der Waals surface area contributed by atoms with Gasteiger partial charge in [-0.2, -0.15) is 0 Å². The van der Waals surface area contributed by atoms with Crippen molar-refractivity contribution < 1.29 is 14.3 Å². The van der Waals surface area contributed by atoms with E-state index in [-0.39, 0.29) is 11.8 Å². The SMILES string of the molecule is O=C(NC1CC1)c1ccccc1OCC1CCN(C(=O)c2ccc(Cl)nc2)CC1. The van der Waals surface area contributed by atoms with Crippen LogP contribution in [0.4, 0.5) is 0 Å². The van der Waals surface area contributed by atoms with Crippen molar-refractivity contribution in [2.75, 3.05) is 19.7 Å². The first-order valence-corrected chi connectivity index (χ1v) is 10.4. The molecule has 1 aliphatic heterocycles. The fourth-order valence-electron chi connectivity index (χ4n) is 3.47. The van der Waals surface area contributed by atoms with Crippen LogP contribution in [-0.4, -0.2) is 47.4 Å². The molecule has 152 valence electrons. The van der Waals surface area contributed by atoms with Gasteiger partial charge in [-0.25, -0.2) is 4.98 Å². The molecule has 1 aromatic carbocycles. The van der Waals surface area contributed by atoms with Crippen molar-refractivity contribution >= 4 is 23.4 Å². The molecular weight excluding hydrogens is 390 g/mol. The molecule has 1 saturated carbocycles. The lowest BCUT2D eigenvalue weighted by atomic mass is 9.97. The topological polar surface area (TPSA) is 71.5 Å². The molecule has 6 nitrogen and oxygen atoms in total. The van der Waals surface area contributed by atoms with E-state index < -0.39 is 0 Å². The Morgan fingerprint density at radius 2 is 1.86 bits per heavy atom. The predicted molar refractivity (Wildman–Crippen MR) is 110 cm³/mol. The van der Waals surface area contributed by atoms with Gasteiger partial charge >= 0.3 is 0 Å². The zero-order chi connectivity index (χ0) is 20.2. The Morgan fingerprint density at radius 1 is 1.10 bits per heavy atom. The standard InChI is InChI=1S/C22H24ClN3O3/c23-20-8-5-16(13-24-20)22(28)26-11-9-15(10-12-26)14-29-19-4-2-1-3-18(19)21(27)25-17-6-7-17/h1-5,8,13,15,17H,6-7,9-12,14H2,(H,25,27). The number of hydrogen-bond donors (Lipinski definition) is 1. The number of carbonyl (C=O) groups excluding carboxylic acids is 2. The summed E-state index contributed by atoms with van der Waals surface area (Å²) in [6.07, 6.45) is 5.35. The van der Waals surface area contributed by atoms with Crippen LogP contribution >= 0.6 is 11.6 Å². The zero-order valence-corrected chi connectivity index (χ0v) is 16.9. The van der Waals surface area contributed by atoms with Crippen molar-refractivity contribution in [3.8, 4) is 5.75 Å². The monoisotopic (exact) mass is 413 g/mol. The number of benzene rings is 1. The Morgan fingerprint density at radius 3 is 2.55 bits per heavy atom. The number of rotatable bonds is 6. The average molecular weight is 414 g/mol. The molecule has 1 aliphatic carbocycles. The highest BCUT2D eigenvalue weighted by Crippen LogP contribution is 2.25. The highest BCUT2D eigenvalue weighted by molar-refractivity contribution is 6.29. The molecule has 0 atom stereocenters. The highest BCUT2D eigenvalue weighted by Gasteiger charge is 2.26. The van der Waals surface area contributed by atoms with E-state index in [0.717, 1.165) is 25.7 Å². The van der Waals surface area contributed by atoms with Crippen LogP contribution in [0, 0.1) is 5.92 Å². The normalized spacial score (nSPS) is 17.1. The first kappa shape index (κ1) is 19.7. The predicted octanol–water partition coefficient (Wildman–Crippen LogP) is 3.56. The molecule has 0 bridgehead atoms. The quantitative estimate of drug-likeness (QED) is 0.735. The molecule has 2 aromatic rings. The fraction of sp³-hybridized carbons (Fsp3) is 0.409. The largest absolute Gasteiger partial charge is 0.492 e. The van der Waals surface area contributed by atoms with Crippen molar-refractivity contribution in [1.82, 2.24) is 15.2 Å². The Labute approximate surface area is 175 Å². The molecule has 7 heteroatoms. The third-order valence-electron chi connectivity index (χ3n) is 5.39. The number of hydrogen-bond acceptors (Lipinski definition) is 4. The molecule has 2 heterocycles. The molecule has 1 saturated heterocycles. The van der Waals surface area contributed by atoms with E-state index in [0.29, 0.717) is 53.7 Å². The van der Waals surface area contributed by atoms with Crippen LogP contribution in [0.25, 0.3) is 0 Å². The van der Waals surface area contributed by atoms with Crippen LogP contribution in [0.1, 0.15) is 46.4 Å². The summed E-state index contributed by atoms with van der Waals surface area (Å²) in [5.41, 5.74) is 1.14. The van der Waals surface area contributed by atoms with Gasteiger partial charge in [-0.1, -0.05) is 23.7 Å². The third kappa shape index (κ3) is 5.07. The number of halogens is 1. The second-order valence-corrected chi connectivity index (χ2v) is 8.05. The lowest BCUT2D eigenvalue weighted by molar-refractivity contribution is 0.0659. The van der Waals surface area contributed by atoms with Crippen molar-refractivity contribution in [3.05, 3.63) is 58.9 Å². The van der Waals surface area contributed by atoms with Gasteiger partial charge in [-0.05, 0) is 55.9 Å². The van der Waals surface area contributed by atoms with Crippen LogP contribution in [-0.2, 0) is 0 Å². The van der Waals surface area contributed by atoms with Gasteiger partial charge in [0.2, 0.25) is 0 Å². The van der Waals surface area contributed by atoms with E-state index in [1.807, 2.05) is 23.1 Å². The number of aromatic nitrogens is 1. The molecular formula is C22H24ClN3O3. The fourth-order valence-corrected chi connectivity index (χ4v) is 3.58. The number of piperidine rings is 1. The summed E-state index contributed by atoms with van der Waals surface area (Å²) < 4.78 is 6.00. The lowest BCUT2D eigenvalue weighted by Crippen LogP contribution is -2.39. The lowest BCUT2D eigenvalue weighted by Gasteiger charge is -2.32. The summed E-state index contributed by atoms with van der Waals surface area (Å²) in [7, 11) is 0. The first-order valence-electron chi connectivity index (χ1n) is 10.0. The average Bonchev–Trinajstić information content (AvgIpc) is 3.57. The molecule has 0 spiro atoms. The van der Waals surface area contributed by atoms with Gasteiger partial charge in [-0.15, -0.1) is 0 Å². The molecule has 4 rings (SSSR count). The maximum atomic E-state index is 12.6. The number of carbonyl (C=O) groups is 2. The van der Waals surface area contributed by atoms with Crippen LogP contribution in [0.3, 0.4) is 0 Å². The summed E-state index contributed by atoms with van der Waals surface area (Å²) in [6, 6.07) is 11.0. The molecule has 1 aromatic heterocycles. The van der Waals surface area contributed by atoms with Crippen LogP contribution in [0.15, 0.2) is 42.6 Å². The van der Waals surface area contributed by atoms with Crippen LogP contribution in [0.2, 0.25) is 5.15 Å². The minimum absolute atomic E-state index is 0.0179. The van der Waals surface area contributed by atoms with Gasteiger partial charge in [0.05, 0.1) is 17.7 Å². The van der Waals surface area contributed by atoms with Gasteiger partial charge in [0, 0.05) is 25.3 Å². The van der Waals surface area contributed by atoms with E-state index in [1.165, 1.54) is 6.20 Å². The second-order valence-electron chi connectivity index (χ2n) is 7.66. The smallest absolute Gasteiger partial charge is 0.255 e. The van der Waals surface area contributed by atoms with Crippen molar-refractivity contribution in [2.24, 2.45) is 5.92 Å². The third-order valence-corrected chi connectivity index (χ3v) is 5.62. The summed E-state index contributed by atoms with van der Waals surface area (Å²) in [6.45, 7) is 1.90. The number of amides is 2. The van der Waals surface area contributed by atoms with Crippen LogP contribution < -0.4 is 10.1 Å². The second kappa shape index (κ2) is 8.82. The number of pyridine rings is 1. The summed E-state index contributed by atoms with van der Waals surface area (Å²) in [5, 5.41) is 3.39. The Bertz CT molecular complexity index is 875. The van der Waals surface area contributed by atoms with E-state index in [4.69, 9.17) is 16.3 Å². The van der Waals surface area contributed by atoms with Gasteiger partial charge in [0.15, 0.2) is 0 Å². The number of para-hydroxylation sites is 1. The maximum Gasteiger partial charge on any atom is 0.255 e. The van der Waals surface area contributed by atoms with Gasteiger partial charge in [0.25, 0.3) is 11.8 Å². The molecule has 2 aliphatic rings. The number of nitrogens with one attached hydrogen (secondary N) is 1. The molecule has 1 N–H and O–H groups in total. The molecule has 29 heavy (non-hydrogen) atoms. The first-order chi connectivity index (χ1) is 14.1. The van der Waals surface area contributed by atoms with Gasteiger partial charge in [-0.3, -0.25) is 9.59 Å².